The number of rotatable bonds is 5. The summed E-state index contributed by atoms with van der Waals surface area (Å²) in [5, 5.41) is 0.952. The molecule has 2 atom stereocenters. The van der Waals surface area contributed by atoms with Gasteiger partial charge in [-0.1, -0.05) is 41.9 Å². The van der Waals surface area contributed by atoms with E-state index >= 15 is 0 Å². The topological polar surface area (TPSA) is 86.1 Å². The van der Waals surface area contributed by atoms with Crippen molar-refractivity contribution in [2.24, 2.45) is 5.92 Å². The summed E-state index contributed by atoms with van der Waals surface area (Å²) in [6.07, 6.45) is 0.549. The molecule has 4 rings (SSSR count). The fraction of sp³-hybridized carbons (Fsp3) is 0.320. The zero-order valence-corrected chi connectivity index (χ0v) is 19.1. The lowest BCUT2D eigenvalue weighted by molar-refractivity contribution is -0.150. The first-order valence-electron chi connectivity index (χ1n) is 10.7. The normalized spacial score (nSPS) is 16.9. The summed E-state index contributed by atoms with van der Waals surface area (Å²) in [6.45, 7) is 2.46. The van der Waals surface area contributed by atoms with Crippen LogP contribution in [-0.4, -0.2) is 43.1 Å². The smallest absolute Gasteiger partial charge is 0.336 e. The maximum Gasteiger partial charge on any atom is 0.336 e. The van der Waals surface area contributed by atoms with Crippen LogP contribution in [0.1, 0.15) is 19.8 Å². The first-order chi connectivity index (χ1) is 15.9. The van der Waals surface area contributed by atoms with E-state index in [2.05, 4.69) is 0 Å². The zero-order valence-electron chi connectivity index (χ0n) is 18.4. The Bertz CT molecular complexity index is 1240. The number of ether oxygens (including phenoxy) is 2. The van der Waals surface area contributed by atoms with Gasteiger partial charge in [-0.3, -0.25) is 9.59 Å². The number of fused-ring (bicyclic) bond motifs is 1. The SMILES string of the molecule is COC(=O)C1CCCN(C(=O)C(C)Oc2cc3oc(=O)cc(-c4ccccc4)c3cc2Cl)C1. The third-order valence-electron chi connectivity index (χ3n) is 5.80. The van der Waals surface area contributed by atoms with E-state index in [1.165, 1.54) is 19.2 Å². The van der Waals surface area contributed by atoms with Crippen molar-refractivity contribution in [1.29, 1.82) is 0 Å². The lowest BCUT2D eigenvalue weighted by Crippen LogP contribution is -2.47. The maximum absolute atomic E-state index is 13.0. The van der Waals surface area contributed by atoms with Crippen LogP contribution >= 0.6 is 11.6 Å². The van der Waals surface area contributed by atoms with Crippen LogP contribution in [0, 0.1) is 5.92 Å². The number of carbonyl (C=O) groups is 2. The van der Waals surface area contributed by atoms with Crippen molar-refractivity contribution in [2.75, 3.05) is 20.2 Å². The van der Waals surface area contributed by atoms with E-state index in [9.17, 15) is 14.4 Å². The number of likely N-dealkylation sites (tertiary alicyclic amines) is 1. The van der Waals surface area contributed by atoms with Crippen LogP contribution in [0.3, 0.4) is 0 Å². The molecular formula is C25H24ClNO6. The third kappa shape index (κ3) is 4.88. The average molecular weight is 470 g/mol. The molecule has 0 saturated carbocycles. The number of carbonyl (C=O) groups excluding carboxylic acids is 2. The molecule has 2 heterocycles. The van der Waals surface area contributed by atoms with Gasteiger partial charge in [0.1, 0.15) is 11.3 Å². The molecule has 1 amide bonds. The van der Waals surface area contributed by atoms with Crippen LogP contribution in [0.5, 0.6) is 5.75 Å². The van der Waals surface area contributed by atoms with Crippen LogP contribution in [0.2, 0.25) is 5.02 Å². The second-order valence-corrected chi connectivity index (χ2v) is 8.44. The number of hydrogen-bond donors (Lipinski definition) is 0. The lowest BCUT2D eigenvalue weighted by Gasteiger charge is -2.33. The molecule has 0 spiro atoms. The summed E-state index contributed by atoms with van der Waals surface area (Å²) < 4.78 is 16.1. The van der Waals surface area contributed by atoms with E-state index in [-0.39, 0.29) is 23.5 Å². The van der Waals surface area contributed by atoms with Crippen molar-refractivity contribution < 1.29 is 23.5 Å². The molecule has 1 fully saturated rings. The van der Waals surface area contributed by atoms with Crippen LogP contribution < -0.4 is 10.4 Å². The quantitative estimate of drug-likeness (QED) is 0.409. The maximum atomic E-state index is 13.0. The Morgan fingerprint density at radius 2 is 1.94 bits per heavy atom. The highest BCUT2D eigenvalue weighted by Gasteiger charge is 2.32. The molecule has 1 aliphatic heterocycles. The first-order valence-corrected chi connectivity index (χ1v) is 11.1. The molecule has 1 aromatic heterocycles. The minimum Gasteiger partial charge on any atom is -0.479 e. The molecule has 3 aromatic rings. The summed E-state index contributed by atoms with van der Waals surface area (Å²) in [4.78, 5) is 38.6. The number of esters is 1. The highest BCUT2D eigenvalue weighted by atomic mass is 35.5. The Labute approximate surface area is 195 Å². The number of benzene rings is 2. The van der Waals surface area contributed by atoms with Crippen LogP contribution in [0.25, 0.3) is 22.1 Å². The Hall–Kier alpha value is -3.32. The minimum atomic E-state index is -0.847. The number of hydrogen-bond acceptors (Lipinski definition) is 6. The standard InChI is InChI=1S/C25H24ClNO6/c1-15(24(29)27-10-6-9-17(14-27)25(30)31-2)32-22-13-21-19(11-20(22)26)18(12-23(28)33-21)16-7-4-3-5-8-16/h3-5,7-8,11-13,15,17H,6,9-10,14H2,1-2H3. The van der Waals surface area contributed by atoms with Gasteiger partial charge in [0, 0.05) is 30.6 Å². The molecule has 33 heavy (non-hydrogen) atoms. The second kappa shape index (κ2) is 9.67. The molecule has 172 valence electrons. The van der Waals surface area contributed by atoms with Gasteiger partial charge in [-0.25, -0.2) is 4.79 Å². The van der Waals surface area contributed by atoms with Crippen LogP contribution in [-0.2, 0) is 14.3 Å². The van der Waals surface area contributed by atoms with Crippen molar-refractivity contribution in [1.82, 2.24) is 4.90 Å². The summed E-state index contributed by atoms with van der Waals surface area (Å²) in [6, 6.07) is 14.1. The van der Waals surface area contributed by atoms with Crippen molar-refractivity contribution in [3.05, 3.63) is 64.0 Å². The number of halogens is 1. The van der Waals surface area contributed by atoms with Gasteiger partial charge in [-0.2, -0.15) is 0 Å². The first kappa shape index (κ1) is 22.9. The van der Waals surface area contributed by atoms with Crippen molar-refractivity contribution in [3.63, 3.8) is 0 Å². The zero-order chi connectivity index (χ0) is 23.5. The fourth-order valence-electron chi connectivity index (χ4n) is 4.14. The summed E-state index contributed by atoms with van der Waals surface area (Å²) >= 11 is 6.49. The molecule has 7 nitrogen and oxygen atoms in total. The van der Waals surface area contributed by atoms with Gasteiger partial charge >= 0.3 is 11.6 Å². The molecule has 0 N–H and O–H groups in total. The van der Waals surface area contributed by atoms with Crippen LogP contribution in [0.15, 0.2) is 57.7 Å². The van der Waals surface area contributed by atoms with Gasteiger partial charge < -0.3 is 18.8 Å². The molecule has 0 radical (unpaired) electrons. The Morgan fingerprint density at radius 1 is 1.18 bits per heavy atom. The van der Waals surface area contributed by atoms with Crippen LogP contribution in [0.4, 0.5) is 0 Å². The lowest BCUT2D eigenvalue weighted by atomic mass is 9.98. The molecule has 1 saturated heterocycles. The largest absolute Gasteiger partial charge is 0.479 e. The Kier molecular flexibility index (Phi) is 6.70. The molecule has 8 heteroatoms. The molecular weight excluding hydrogens is 446 g/mol. The predicted octanol–water partition coefficient (Wildman–Crippen LogP) is 4.29. The number of nitrogens with zero attached hydrogens (tertiary/aromatic N) is 1. The van der Waals surface area contributed by atoms with Gasteiger partial charge in [-0.05, 0) is 37.0 Å². The van der Waals surface area contributed by atoms with Gasteiger partial charge in [0.2, 0.25) is 0 Å². The van der Waals surface area contributed by atoms with Crippen molar-refractivity contribution in [3.8, 4) is 16.9 Å². The molecule has 0 aliphatic carbocycles. The number of amides is 1. The highest BCUT2D eigenvalue weighted by Crippen LogP contribution is 2.35. The Morgan fingerprint density at radius 3 is 2.67 bits per heavy atom. The molecule has 2 aromatic carbocycles. The third-order valence-corrected chi connectivity index (χ3v) is 6.10. The Balaban J connectivity index is 1.59. The molecule has 0 bridgehead atoms. The van der Waals surface area contributed by atoms with Crippen molar-refractivity contribution >= 4 is 34.4 Å². The average Bonchev–Trinajstić information content (AvgIpc) is 2.84. The van der Waals surface area contributed by atoms with Crippen molar-refractivity contribution in [2.45, 2.75) is 25.9 Å². The van der Waals surface area contributed by atoms with E-state index in [1.54, 1.807) is 17.9 Å². The fourth-order valence-corrected chi connectivity index (χ4v) is 4.35. The number of methoxy groups -OCH3 is 1. The van der Waals surface area contributed by atoms with E-state index in [0.717, 1.165) is 5.56 Å². The van der Waals surface area contributed by atoms with Gasteiger partial charge in [-0.15, -0.1) is 0 Å². The van der Waals surface area contributed by atoms with E-state index < -0.39 is 11.7 Å². The molecule has 2 unspecified atom stereocenters. The highest BCUT2D eigenvalue weighted by molar-refractivity contribution is 6.33. The second-order valence-electron chi connectivity index (χ2n) is 8.03. The number of piperidine rings is 1. The molecule has 1 aliphatic rings. The van der Waals surface area contributed by atoms with Gasteiger partial charge in [0.25, 0.3) is 5.91 Å². The monoisotopic (exact) mass is 469 g/mol. The van der Waals surface area contributed by atoms with E-state index in [4.69, 9.17) is 25.5 Å². The summed E-state index contributed by atoms with van der Waals surface area (Å²) in [5.74, 6) is -0.670. The van der Waals surface area contributed by atoms with Gasteiger partial charge in [0.05, 0.1) is 18.1 Å². The minimum absolute atomic E-state index is 0.236. The van der Waals surface area contributed by atoms with Gasteiger partial charge in [0.15, 0.2) is 6.10 Å². The van der Waals surface area contributed by atoms with E-state index in [0.29, 0.717) is 47.5 Å². The summed E-state index contributed by atoms with van der Waals surface area (Å²) in [5.41, 5.74) is 1.36. The predicted molar refractivity (Wildman–Crippen MR) is 124 cm³/mol. The summed E-state index contributed by atoms with van der Waals surface area (Å²) in [7, 11) is 1.35. The van der Waals surface area contributed by atoms with E-state index in [1.807, 2.05) is 30.3 Å².